The molecule has 0 spiro atoms. The molecule has 0 saturated heterocycles. The van der Waals surface area contributed by atoms with Gasteiger partial charge in [0.05, 0.1) is 22.2 Å². The van der Waals surface area contributed by atoms with Crippen LogP contribution in [0.25, 0.3) is 0 Å². The third-order valence-electron chi connectivity index (χ3n) is 4.73. The van der Waals surface area contributed by atoms with Gasteiger partial charge in [0.1, 0.15) is 11.6 Å². The average molecular weight is 429 g/mol. The van der Waals surface area contributed by atoms with Gasteiger partial charge >= 0.3 is 0 Å². The molecule has 5 rings (SSSR count). The summed E-state index contributed by atoms with van der Waals surface area (Å²) in [7, 11) is 0. The highest BCUT2D eigenvalue weighted by atomic mass is 79.9. The minimum atomic E-state index is -0.577. The van der Waals surface area contributed by atoms with Crippen molar-refractivity contribution < 1.29 is 9.13 Å². The number of hydrogen-bond donors (Lipinski definition) is 0. The zero-order valence-electron chi connectivity index (χ0n) is 13.6. The molecule has 0 unspecified atom stereocenters. The zero-order valence-corrected chi connectivity index (χ0v) is 16.0. The molecule has 2 aliphatic heterocycles. The predicted molar refractivity (Wildman–Crippen MR) is 104 cm³/mol. The molecule has 2 aliphatic rings. The third-order valence-corrected chi connectivity index (χ3v) is 6.14. The minimum absolute atomic E-state index is 0.0259. The van der Waals surface area contributed by atoms with Crippen molar-refractivity contribution in [2.24, 2.45) is 5.10 Å². The van der Waals surface area contributed by atoms with Gasteiger partial charge in [-0.2, -0.15) is 5.10 Å². The molecule has 3 aromatic rings. The monoisotopic (exact) mass is 428 g/mol. The fourth-order valence-electron chi connectivity index (χ4n) is 3.53. The largest absolute Gasteiger partial charge is 0.464 e. The topological polar surface area (TPSA) is 24.8 Å². The van der Waals surface area contributed by atoms with E-state index in [-0.39, 0.29) is 11.9 Å². The maximum atomic E-state index is 14.5. The molecule has 2 aromatic carbocycles. The molecule has 3 heterocycles. The molecule has 3 nitrogen and oxygen atoms in total. The van der Waals surface area contributed by atoms with Gasteiger partial charge in [-0.1, -0.05) is 40.2 Å². The molecule has 1 aromatic heterocycles. The fraction of sp³-hybridized carbons (Fsp3) is 0.150. The highest BCUT2D eigenvalue weighted by Crippen LogP contribution is 2.48. The van der Waals surface area contributed by atoms with Crippen LogP contribution in [0.1, 0.15) is 34.7 Å². The van der Waals surface area contributed by atoms with Crippen molar-refractivity contribution in [3.63, 3.8) is 0 Å². The summed E-state index contributed by atoms with van der Waals surface area (Å²) in [6, 6.07) is 16.8. The number of fused-ring (bicyclic) bond motifs is 3. The Kier molecular flexibility index (Phi) is 3.83. The number of nitrogens with zero attached hydrogens (tertiary/aromatic N) is 2. The van der Waals surface area contributed by atoms with Crippen molar-refractivity contribution in [1.82, 2.24) is 5.01 Å². The lowest BCUT2D eigenvalue weighted by molar-refractivity contribution is -0.0212. The van der Waals surface area contributed by atoms with E-state index in [1.165, 1.54) is 6.07 Å². The van der Waals surface area contributed by atoms with Gasteiger partial charge in [-0.25, -0.2) is 9.40 Å². The lowest BCUT2D eigenvalue weighted by Gasteiger charge is -2.38. The van der Waals surface area contributed by atoms with Crippen molar-refractivity contribution in [1.29, 1.82) is 0 Å². The summed E-state index contributed by atoms with van der Waals surface area (Å²) in [6.07, 6.45) is 0.200. The molecule has 6 heteroatoms. The summed E-state index contributed by atoms with van der Waals surface area (Å²) in [5.41, 5.74) is 2.59. The Balaban J connectivity index is 1.64. The van der Waals surface area contributed by atoms with Crippen LogP contribution in [0.3, 0.4) is 0 Å². The summed E-state index contributed by atoms with van der Waals surface area (Å²) in [5, 5.41) is 8.78. The van der Waals surface area contributed by atoms with Crippen molar-refractivity contribution in [2.45, 2.75) is 18.7 Å². The molecule has 0 aliphatic carbocycles. The normalized spacial score (nSPS) is 21.0. The van der Waals surface area contributed by atoms with Crippen molar-refractivity contribution >= 4 is 33.0 Å². The van der Waals surface area contributed by atoms with Crippen LogP contribution in [-0.4, -0.2) is 10.7 Å². The van der Waals surface area contributed by atoms with Gasteiger partial charge in [0.25, 0.3) is 0 Å². The number of benzene rings is 2. The second-order valence-corrected chi connectivity index (χ2v) is 8.16. The van der Waals surface area contributed by atoms with Crippen LogP contribution in [0.4, 0.5) is 4.39 Å². The van der Waals surface area contributed by atoms with Crippen LogP contribution >= 0.6 is 27.3 Å². The Labute approximate surface area is 162 Å². The number of halogens is 2. The Hall–Kier alpha value is -2.18. The van der Waals surface area contributed by atoms with Gasteiger partial charge in [-0.3, -0.25) is 0 Å². The molecule has 0 saturated carbocycles. The van der Waals surface area contributed by atoms with E-state index in [1.807, 2.05) is 34.7 Å². The van der Waals surface area contributed by atoms with E-state index in [0.717, 1.165) is 32.8 Å². The van der Waals surface area contributed by atoms with Gasteiger partial charge in [0.2, 0.25) is 6.23 Å². The maximum Gasteiger partial charge on any atom is 0.216 e. The smallest absolute Gasteiger partial charge is 0.216 e. The number of hydrazone groups is 1. The molecule has 0 bridgehead atoms. The highest BCUT2D eigenvalue weighted by Gasteiger charge is 2.42. The van der Waals surface area contributed by atoms with E-state index in [0.29, 0.717) is 5.56 Å². The van der Waals surface area contributed by atoms with Gasteiger partial charge < -0.3 is 4.74 Å². The third kappa shape index (κ3) is 2.56. The molecular weight excluding hydrogens is 415 g/mol. The average Bonchev–Trinajstić information content (AvgIpc) is 3.31. The molecule has 2 atom stereocenters. The van der Waals surface area contributed by atoms with E-state index >= 15 is 0 Å². The maximum absolute atomic E-state index is 14.5. The first-order chi connectivity index (χ1) is 12.7. The molecular formula is C20H14BrFN2OS. The highest BCUT2D eigenvalue weighted by molar-refractivity contribution is 9.10. The van der Waals surface area contributed by atoms with E-state index in [1.54, 1.807) is 23.5 Å². The first-order valence-corrected chi connectivity index (χ1v) is 9.98. The predicted octanol–water partition coefficient (Wildman–Crippen LogP) is 5.89. The Bertz CT molecular complexity index is 1000. The molecule has 0 N–H and O–H groups in total. The first-order valence-electron chi connectivity index (χ1n) is 8.31. The van der Waals surface area contributed by atoms with Crippen LogP contribution in [0.2, 0.25) is 0 Å². The van der Waals surface area contributed by atoms with Crippen LogP contribution < -0.4 is 4.74 Å². The summed E-state index contributed by atoms with van der Waals surface area (Å²) in [4.78, 5) is 1.14. The van der Waals surface area contributed by atoms with Crippen molar-refractivity contribution in [3.05, 3.63) is 86.3 Å². The van der Waals surface area contributed by atoms with Gasteiger partial charge in [-0.05, 0) is 35.7 Å². The molecule has 0 amide bonds. The molecule has 26 heavy (non-hydrogen) atoms. The van der Waals surface area contributed by atoms with E-state index in [4.69, 9.17) is 9.84 Å². The molecule has 0 radical (unpaired) electrons. The van der Waals surface area contributed by atoms with Crippen molar-refractivity contribution in [2.75, 3.05) is 0 Å². The number of thiophene rings is 1. The van der Waals surface area contributed by atoms with Crippen LogP contribution in [-0.2, 0) is 0 Å². The summed E-state index contributed by atoms with van der Waals surface area (Å²) in [6.45, 7) is 0. The van der Waals surface area contributed by atoms with E-state index < -0.39 is 6.23 Å². The lowest BCUT2D eigenvalue weighted by atomic mass is 9.97. The second kappa shape index (κ2) is 6.21. The number of rotatable bonds is 2. The number of hydrogen-bond acceptors (Lipinski definition) is 4. The van der Waals surface area contributed by atoms with Crippen LogP contribution in [0, 0.1) is 5.82 Å². The standard InChI is InChI=1S/C20H14BrFN2OS/c21-12-7-8-18-14(10-12)17-11-16(19-6-3-9-26-19)23-24(17)20(25-18)13-4-1-2-5-15(13)22/h1-10,17,20H,11H2/t17-,20-/m0/s1. The Morgan fingerprint density at radius 1 is 1.12 bits per heavy atom. The van der Waals surface area contributed by atoms with Crippen LogP contribution in [0.15, 0.2) is 69.6 Å². The summed E-state index contributed by atoms with van der Waals surface area (Å²) >= 11 is 5.21. The van der Waals surface area contributed by atoms with Gasteiger partial charge in [-0.15, -0.1) is 11.3 Å². The minimum Gasteiger partial charge on any atom is -0.464 e. The summed E-state index contributed by atoms with van der Waals surface area (Å²) < 4.78 is 21.7. The Morgan fingerprint density at radius 2 is 2.00 bits per heavy atom. The van der Waals surface area contributed by atoms with E-state index in [9.17, 15) is 4.39 Å². The number of ether oxygens (including phenoxy) is 1. The fourth-order valence-corrected chi connectivity index (χ4v) is 4.63. The van der Waals surface area contributed by atoms with Crippen LogP contribution in [0.5, 0.6) is 5.75 Å². The van der Waals surface area contributed by atoms with Gasteiger partial charge in [0, 0.05) is 16.5 Å². The van der Waals surface area contributed by atoms with E-state index in [2.05, 4.69) is 28.1 Å². The van der Waals surface area contributed by atoms with Crippen molar-refractivity contribution in [3.8, 4) is 5.75 Å². The molecule has 0 fully saturated rings. The Morgan fingerprint density at radius 3 is 2.81 bits per heavy atom. The lowest BCUT2D eigenvalue weighted by Crippen LogP contribution is -2.34. The zero-order chi connectivity index (χ0) is 17.7. The first kappa shape index (κ1) is 16.0. The second-order valence-electron chi connectivity index (χ2n) is 6.30. The SMILES string of the molecule is Fc1ccccc1[C@@H]1Oc2ccc(Br)cc2[C@@H]2CC(c3cccs3)=NN21. The molecule has 130 valence electrons. The summed E-state index contributed by atoms with van der Waals surface area (Å²) in [5.74, 6) is 0.502. The van der Waals surface area contributed by atoms with Gasteiger partial charge in [0.15, 0.2) is 0 Å². The quantitative estimate of drug-likeness (QED) is 0.507.